The molecule has 0 fully saturated rings. The molecule has 0 spiro atoms. The van der Waals surface area contributed by atoms with E-state index in [1.165, 1.54) is 7.11 Å². The van der Waals surface area contributed by atoms with Crippen molar-refractivity contribution < 1.29 is 14.3 Å². The molecule has 0 N–H and O–H groups in total. The Kier molecular flexibility index (Phi) is 7.21. The van der Waals surface area contributed by atoms with Crippen LogP contribution in [-0.4, -0.2) is 48.5 Å². The quantitative estimate of drug-likeness (QED) is 0.666. The van der Waals surface area contributed by atoms with Crippen LogP contribution in [0.4, 0.5) is 0 Å². The Morgan fingerprint density at radius 3 is 2.31 bits per heavy atom. The first-order valence-electron chi connectivity index (χ1n) is 5.31. The van der Waals surface area contributed by atoms with Crippen LogP contribution in [0.5, 0.6) is 0 Å². The summed E-state index contributed by atoms with van der Waals surface area (Å²) in [5.74, 6) is -0.0455. The highest BCUT2D eigenvalue weighted by Gasteiger charge is 2.18. The molecular weight excluding hydrogens is 226 g/mol. The molecule has 0 radical (unpaired) electrons. The number of nitrogens with zero attached hydrogens (tertiary/aromatic N) is 1. The number of rotatable bonds is 6. The number of ether oxygens (including phenoxy) is 1. The van der Waals surface area contributed by atoms with Gasteiger partial charge in [0, 0.05) is 13.6 Å². The SMILES string of the molecule is COC(=O)C(C)CN(C)C(=O)CSC(C)C. The molecule has 0 bridgehead atoms. The van der Waals surface area contributed by atoms with Crippen LogP contribution in [-0.2, 0) is 14.3 Å². The van der Waals surface area contributed by atoms with E-state index in [2.05, 4.69) is 18.6 Å². The van der Waals surface area contributed by atoms with Gasteiger partial charge in [0.2, 0.25) is 5.91 Å². The summed E-state index contributed by atoms with van der Waals surface area (Å²) in [6.07, 6.45) is 0. The second-order valence-corrected chi connectivity index (χ2v) is 5.62. The lowest BCUT2D eigenvalue weighted by Crippen LogP contribution is -2.35. The van der Waals surface area contributed by atoms with Crippen LogP contribution in [0, 0.1) is 5.92 Å². The van der Waals surface area contributed by atoms with Crippen LogP contribution >= 0.6 is 11.8 Å². The van der Waals surface area contributed by atoms with Crippen molar-refractivity contribution in [2.45, 2.75) is 26.0 Å². The van der Waals surface area contributed by atoms with Gasteiger partial charge < -0.3 is 9.64 Å². The molecule has 0 aliphatic heterocycles. The van der Waals surface area contributed by atoms with E-state index in [1.54, 1.807) is 30.6 Å². The van der Waals surface area contributed by atoms with E-state index < -0.39 is 0 Å². The third-order valence-electron chi connectivity index (χ3n) is 2.12. The molecule has 4 nitrogen and oxygen atoms in total. The fourth-order valence-electron chi connectivity index (χ4n) is 1.14. The number of carbonyl (C=O) groups excluding carboxylic acids is 2. The van der Waals surface area contributed by atoms with Gasteiger partial charge in [0.1, 0.15) is 0 Å². The lowest BCUT2D eigenvalue weighted by molar-refractivity contribution is -0.145. The first-order valence-corrected chi connectivity index (χ1v) is 6.36. The van der Waals surface area contributed by atoms with Gasteiger partial charge >= 0.3 is 5.97 Å². The summed E-state index contributed by atoms with van der Waals surface area (Å²) < 4.78 is 4.61. The van der Waals surface area contributed by atoms with Crippen LogP contribution < -0.4 is 0 Å². The minimum absolute atomic E-state index is 0.0504. The van der Waals surface area contributed by atoms with Crippen molar-refractivity contribution in [1.29, 1.82) is 0 Å². The molecule has 1 unspecified atom stereocenters. The first kappa shape index (κ1) is 15.3. The van der Waals surface area contributed by atoms with Crippen molar-refractivity contribution >= 4 is 23.6 Å². The molecule has 0 aliphatic rings. The average molecular weight is 247 g/mol. The first-order chi connectivity index (χ1) is 7.38. The zero-order chi connectivity index (χ0) is 12.7. The van der Waals surface area contributed by atoms with Crippen LogP contribution in [0.25, 0.3) is 0 Å². The Morgan fingerprint density at radius 2 is 1.88 bits per heavy atom. The summed E-state index contributed by atoms with van der Waals surface area (Å²) in [5.41, 5.74) is 0. The third kappa shape index (κ3) is 6.00. The zero-order valence-electron chi connectivity index (χ0n) is 10.6. The van der Waals surface area contributed by atoms with E-state index in [-0.39, 0.29) is 17.8 Å². The average Bonchev–Trinajstić information content (AvgIpc) is 2.24. The largest absolute Gasteiger partial charge is 0.469 e. The highest BCUT2D eigenvalue weighted by molar-refractivity contribution is 8.00. The Bertz CT molecular complexity index is 243. The molecule has 1 amide bonds. The molecule has 0 aliphatic carbocycles. The van der Waals surface area contributed by atoms with E-state index >= 15 is 0 Å². The number of esters is 1. The maximum Gasteiger partial charge on any atom is 0.310 e. The summed E-state index contributed by atoms with van der Waals surface area (Å²) >= 11 is 1.60. The summed E-state index contributed by atoms with van der Waals surface area (Å²) in [6.45, 7) is 6.26. The zero-order valence-corrected chi connectivity index (χ0v) is 11.5. The number of hydrogen-bond donors (Lipinski definition) is 0. The smallest absolute Gasteiger partial charge is 0.310 e. The number of thioether (sulfide) groups is 1. The van der Waals surface area contributed by atoms with Gasteiger partial charge in [-0.15, -0.1) is 11.8 Å². The molecular formula is C11H21NO3S. The Morgan fingerprint density at radius 1 is 1.31 bits per heavy atom. The predicted molar refractivity (Wildman–Crippen MR) is 66.4 cm³/mol. The normalized spacial score (nSPS) is 12.4. The van der Waals surface area contributed by atoms with Crippen LogP contribution in [0.1, 0.15) is 20.8 Å². The molecule has 5 heteroatoms. The van der Waals surface area contributed by atoms with Gasteiger partial charge in [0.05, 0.1) is 18.8 Å². The van der Waals surface area contributed by atoms with Crippen molar-refractivity contribution in [2.24, 2.45) is 5.92 Å². The van der Waals surface area contributed by atoms with Crippen molar-refractivity contribution in [3.05, 3.63) is 0 Å². The van der Waals surface area contributed by atoms with Crippen LogP contribution in [0.3, 0.4) is 0 Å². The monoisotopic (exact) mass is 247 g/mol. The Balaban J connectivity index is 4.00. The number of hydrogen-bond acceptors (Lipinski definition) is 4. The molecule has 0 aromatic heterocycles. The van der Waals surface area contributed by atoms with Gasteiger partial charge in [0.25, 0.3) is 0 Å². The standard InChI is InChI=1S/C11H21NO3S/c1-8(2)16-7-10(13)12(4)6-9(3)11(14)15-5/h8-9H,6-7H2,1-5H3. The molecule has 0 saturated carbocycles. The van der Waals surface area contributed by atoms with E-state index in [4.69, 9.17) is 0 Å². The highest BCUT2D eigenvalue weighted by atomic mass is 32.2. The van der Waals surface area contributed by atoms with Gasteiger partial charge in [-0.3, -0.25) is 9.59 Å². The van der Waals surface area contributed by atoms with Gasteiger partial charge in [-0.1, -0.05) is 20.8 Å². The molecule has 0 rings (SSSR count). The van der Waals surface area contributed by atoms with Gasteiger partial charge in [0.15, 0.2) is 0 Å². The summed E-state index contributed by atoms with van der Waals surface area (Å²) in [4.78, 5) is 24.4. The lowest BCUT2D eigenvalue weighted by Gasteiger charge is -2.20. The molecule has 0 aromatic carbocycles. The van der Waals surface area contributed by atoms with Crippen molar-refractivity contribution in [3.8, 4) is 0 Å². The van der Waals surface area contributed by atoms with Crippen molar-refractivity contribution in [1.82, 2.24) is 4.90 Å². The molecule has 0 aromatic rings. The van der Waals surface area contributed by atoms with E-state index in [0.29, 0.717) is 17.5 Å². The number of amides is 1. The minimum atomic E-state index is -0.281. The van der Waals surface area contributed by atoms with E-state index in [0.717, 1.165) is 0 Å². The molecule has 16 heavy (non-hydrogen) atoms. The maximum atomic E-state index is 11.6. The van der Waals surface area contributed by atoms with Crippen LogP contribution in [0.15, 0.2) is 0 Å². The van der Waals surface area contributed by atoms with Crippen molar-refractivity contribution in [3.63, 3.8) is 0 Å². The summed E-state index contributed by atoms with van der Waals surface area (Å²) in [5, 5.41) is 0.440. The third-order valence-corrected chi connectivity index (χ3v) is 3.20. The minimum Gasteiger partial charge on any atom is -0.469 e. The van der Waals surface area contributed by atoms with Gasteiger partial charge in [-0.05, 0) is 5.25 Å². The molecule has 0 heterocycles. The fourth-order valence-corrected chi connectivity index (χ4v) is 1.83. The number of methoxy groups -OCH3 is 1. The van der Waals surface area contributed by atoms with Gasteiger partial charge in [-0.25, -0.2) is 0 Å². The summed E-state index contributed by atoms with van der Waals surface area (Å²) in [7, 11) is 3.07. The lowest BCUT2D eigenvalue weighted by atomic mass is 10.2. The van der Waals surface area contributed by atoms with Crippen LogP contribution in [0.2, 0.25) is 0 Å². The maximum absolute atomic E-state index is 11.6. The fraction of sp³-hybridized carbons (Fsp3) is 0.818. The Hall–Kier alpha value is -0.710. The Labute approximate surface area is 102 Å². The second kappa shape index (κ2) is 7.54. The highest BCUT2D eigenvalue weighted by Crippen LogP contribution is 2.10. The van der Waals surface area contributed by atoms with Gasteiger partial charge in [-0.2, -0.15) is 0 Å². The topological polar surface area (TPSA) is 46.6 Å². The second-order valence-electron chi connectivity index (χ2n) is 4.06. The molecule has 0 saturated heterocycles. The summed E-state index contributed by atoms with van der Waals surface area (Å²) in [6, 6.07) is 0. The molecule has 94 valence electrons. The van der Waals surface area contributed by atoms with Crippen molar-refractivity contribution in [2.75, 3.05) is 26.5 Å². The molecule has 1 atom stereocenters. The van der Waals surface area contributed by atoms with E-state index in [9.17, 15) is 9.59 Å². The predicted octanol–water partition coefficient (Wildman–Crippen LogP) is 1.40. The van der Waals surface area contributed by atoms with E-state index in [1.807, 2.05) is 0 Å². The number of carbonyl (C=O) groups is 2.